The van der Waals surface area contributed by atoms with Gasteiger partial charge in [-0.2, -0.15) is 0 Å². The molecular formula is C15H36O5Si4. The highest BCUT2D eigenvalue weighted by atomic mass is 29.3. The molecule has 2 atom stereocenters. The first-order valence-corrected chi connectivity index (χ1v) is 20.1. The molecule has 0 heterocycles. The number of esters is 1. The number of carbonyl (C=O) groups is 1. The Kier molecular flexibility index (Phi) is 8.09. The normalized spacial score (nSPS) is 17.2. The minimum Gasteiger partial charge on any atom is -0.459 e. The maximum absolute atomic E-state index is 11.6. The molecule has 0 saturated heterocycles. The average molecular weight is 409 g/mol. The predicted octanol–water partition coefficient (Wildman–Crippen LogP) is 1.98. The Bertz CT molecular complexity index is 467. The zero-order valence-electron chi connectivity index (χ0n) is 17.1. The van der Waals surface area contributed by atoms with Crippen LogP contribution >= 0.6 is 0 Å². The van der Waals surface area contributed by atoms with Crippen LogP contribution in [0.1, 0.15) is 6.92 Å². The first-order valence-electron chi connectivity index (χ1n) is 8.32. The maximum atomic E-state index is 11.6. The Morgan fingerprint density at radius 1 is 1.12 bits per heavy atom. The molecule has 142 valence electrons. The number of aliphatic hydroxyl groups is 1. The summed E-state index contributed by atoms with van der Waals surface area (Å²) < 4.78 is 18.0. The van der Waals surface area contributed by atoms with Gasteiger partial charge < -0.3 is 18.7 Å². The second-order valence-corrected chi connectivity index (χ2v) is 30.6. The zero-order chi connectivity index (χ0) is 19.6. The Morgan fingerprint density at radius 3 is 1.92 bits per heavy atom. The molecular weight excluding hydrogens is 373 g/mol. The van der Waals surface area contributed by atoms with Crippen LogP contribution in [0.4, 0.5) is 0 Å². The molecule has 0 radical (unpaired) electrons. The van der Waals surface area contributed by atoms with E-state index in [0.29, 0.717) is 15.8 Å². The van der Waals surface area contributed by atoms with Crippen molar-refractivity contribution in [1.29, 1.82) is 0 Å². The van der Waals surface area contributed by atoms with Gasteiger partial charge in [-0.25, -0.2) is 4.79 Å². The SMILES string of the molecule is C=C(C)C(=O)OCC(O)C([SiH3])(O[Si](C)(C)C)O[Si](C)(C)[Si](C)(C)C. The van der Waals surface area contributed by atoms with E-state index in [2.05, 4.69) is 59.0 Å². The number of aliphatic hydroxyl groups excluding tert-OH is 1. The van der Waals surface area contributed by atoms with Crippen molar-refractivity contribution >= 4 is 40.0 Å². The summed E-state index contributed by atoms with van der Waals surface area (Å²) in [6.45, 7) is 22.4. The summed E-state index contributed by atoms with van der Waals surface area (Å²) in [5, 5.41) is 10.7. The van der Waals surface area contributed by atoms with E-state index >= 15 is 0 Å². The predicted molar refractivity (Wildman–Crippen MR) is 111 cm³/mol. The summed E-state index contributed by atoms with van der Waals surface area (Å²) in [5.74, 6) is -0.507. The molecule has 0 saturated carbocycles. The molecule has 0 aliphatic carbocycles. The maximum Gasteiger partial charge on any atom is 0.333 e. The largest absolute Gasteiger partial charge is 0.459 e. The van der Waals surface area contributed by atoms with Crippen molar-refractivity contribution in [3.63, 3.8) is 0 Å². The summed E-state index contributed by atoms with van der Waals surface area (Å²) >= 11 is 0. The smallest absolute Gasteiger partial charge is 0.333 e. The standard InChI is InChI=1S/C15H36O5Si4/c1-12(2)14(17)18-11-13(16)15(21,19-22(3,4)5)20-24(9,10)23(6,7)8/h13,16H,1,11H2,2-10,21H3. The van der Waals surface area contributed by atoms with Gasteiger partial charge in [0.05, 0.1) is 17.8 Å². The zero-order valence-corrected chi connectivity index (χ0v) is 22.1. The Morgan fingerprint density at radius 2 is 1.58 bits per heavy atom. The minimum absolute atomic E-state index is 0.143. The molecule has 24 heavy (non-hydrogen) atoms. The van der Waals surface area contributed by atoms with Crippen LogP contribution in [0.15, 0.2) is 12.2 Å². The van der Waals surface area contributed by atoms with Crippen molar-refractivity contribution in [2.24, 2.45) is 0 Å². The van der Waals surface area contributed by atoms with E-state index in [0.717, 1.165) is 0 Å². The fourth-order valence-electron chi connectivity index (χ4n) is 1.85. The molecule has 2 unspecified atom stereocenters. The van der Waals surface area contributed by atoms with Crippen LogP contribution in [0, 0.1) is 0 Å². The van der Waals surface area contributed by atoms with Gasteiger partial charge in [-0.3, -0.25) is 0 Å². The number of hydrogen-bond donors (Lipinski definition) is 1. The molecule has 0 fully saturated rings. The van der Waals surface area contributed by atoms with Gasteiger partial charge in [0, 0.05) is 5.57 Å². The summed E-state index contributed by atoms with van der Waals surface area (Å²) in [6.07, 6.45) is -0.998. The van der Waals surface area contributed by atoms with E-state index in [-0.39, 0.29) is 6.61 Å². The van der Waals surface area contributed by atoms with Crippen LogP contribution in [0.25, 0.3) is 0 Å². The second-order valence-electron chi connectivity index (χ2n) is 8.99. The molecule has 5 nitrogen and oxygen atoms in total. The van der Waals surface area contributed by atoms with Crippen LogP contribution < -0.4 is 0 Å². The molecule has 0 bridgehead atoms. The van der Waals surface area contributed by atoms with E-state index < -0.39 is 41.2 Å². The molecule has 0 aromatic heterocycles. The van der Waals surface area contributed by atoms with Crippen LogP contribution in [0.3, 0.4) is 0 Å². The lowest BCUT2D eigenvalue weighted by Gasteiger charge is -2.47. The molecule has 0 aromatic rings. The van der Waals surface area contributed by atoms with Crippen LogP contribution in [0.5, 0.6) is 0 Å². The number of rotatable bonds is 9. The van der Waals surface area contributed by atoms with Crippen molar-refractivity contribution in [1.82, 2.24) is 0 Å². The average Bonchev–Trinajstić information content (AvgIpc) is 2.30. The molecule has 0 aromatic carbocycles. The Hall–Kier alpha value is -0.0425. The summed E-state index contributed by atoms with van der Waals surface area (Å²) in [7, 11) is -5.04. The van der Waals surface area contributed by atoms with Crippen LogP contribution in [-0.2, 0) is 18.4 Å². The van der Waals surface area contributed by atoms with E-state index in [9.17, 15) is 9.90 Å². The van der Waals surface area contributed by atoms with Crippen molar-refractivity contribution in [3.05, 3.63) is 12.2 Å². The number of hydrogen-bond acceptors (Lipinski definition) is 5. The number of carbonyl (C=O) groups excluding carboxylic acids is 1. The molecule has 0 spiro atoms. The molecule has 9 heteroatoms. The first-order chi connectivity index (χ1) is 10.4. The lowest BCUT2D eigenvalue weighted by Crippen LogP contribution is -2.65. The molecule has 0 aliphatic heterocycles. The fourth-order valence-corrected chi connectivity index (χ4v) is 10.5. The highest BCUT2D eigenvalue weighted by Crippen LogP contribution is 2.30. The van der Waals surface area contributed by atoms with Gasteiger partial charge in [-0.05, 0) is 39.7 Å². The molecule has 0 rings (SSSR count). The summed E-state index contributed by atoms with van der Waals surface area (Å²) in [5.41, 5.74) is -0.736. The van der Waals surface area contributed by atoms with Crippen molar-refractivity contribution < 1.29 is 23.5 Å². The van der Waals surface area contributed by atoms with Crippen LogP contribution in [-0.4, -0.2) is 63.2 Å². The van der Waals surface area contributed by atoms with Gasteiger partial charge in [0.2, 0.25) is 0 Å². The Balaban J connectivity index is 5.42. The summed E-state index contributed by atoms with van der Waals surface area (Å²) in [6, 6.07) is 0. The topological polar surface area (TPSA) is 65.0 Å². The monoisotopic (exact) mass is 408 g/mol. The highest BCUT2D eigenvalue weighted by molar-refractivity contribution is 7.37. The minimum atomic E-state index is -2.03. The van der Waals surface area contributed by atoms with E-state index in [1.54, 1.807) is 6.92 Å². The molecule has 0 amide bonds. The molecule has 1 N–H and O–H groups in total. The van der Waals surface area contributed by atoms with E-state index in [4.69, 9.17) is 13.6 Å². The third-order valence-electron chi connectivity index (χ3n) is 4.10. The second kappa shape index (κ2) is 8.10. The lowest BCUT2D eigenvalue weighted by molar-refractivity contribution is -0.164. The van der Waals surface area contributed by atoms with Crippen molar-refractivity contribution in [2.45, 2.75) is 70.8 Å². The number of ether oxygens (including phenoxy) is 1. The quantitative estimate of drug-likeness (QED) is 0.273. The highest BCUT2D eigenvalue weighted by Gasteiger charge is 2.48. The summed E-state index contributed by atoms with van der Waals surface area (Å²) in [4.78, 5) is 11.6. The van der Waals surface area contributed by atoms with Crippen LogP contribution in [0.2, 0.25) is 52.4 Å². The lowest BCUT2D eigenvalue weighted by atomic mass is 10.3. The third-order valence-corrected chi connectivity index (χ3v) is 22.7. The van der Waals surface area contributed by atoms with E-state index in [1.807, 2.05) is 0 Å². The van der Waals surface area contributed by atoms with Gasteiger partial charge in [-0.1, -0.05) is 26.2 Å². The fraction of sp³-hybridized carbons (Fsp3) is 0.800. The van der Waals surface area contributed by atoms with Gasteiger partial charge >= 0.3 is 5.97 Å². The van der Waals surface area contributed by atoms with Gasteiger partial charge in [0.1, 0.15) is 18.1 Å². The van der Waals surface area contributed by atoms with Gasteiger partial charge in [-0.15, -0.1) is 0 Å². The first kappa shape index (κ1) is 24.0. The van der Waals surface area contributed by atoms with Gasteiger partial charge in [0.15, 0.2) is 16.2 Å². The van der Waals surface area contributed by atoms with Crippen molar-refractivity contribution in [2.75, 3.05) is 6.61 Å². The molecule has 0 aliphatic rings. The van der Waals surface area contributed by atoms with E-state index in [1.165, 1.54) is 0 Å². The van der Waals surface area contributed by atoms with Gasteiger partial charge in [0.25, 0.3) is 0 Å². The Labute approximate surface area is 153 Å². The third kappa shape index (κ3) is 7.46. The van der Waals surface area contributed by atoms with Crippen molar-refractivity contribution in [3.8, 4) is 0 Å².